The van der Waals surface area contributed by atoms with Crippen molar-refractivity contribution in [2.75, 3.05) is 5.73 Å². The maximum Gasteiger partial charge on any atom is 0.266 e. The molecule has 0 radical (unpaired) electrons. The van der Waals surface area contributed by atoms with Gasteiger partial charge in [-0.1, -0.05) is 17.7 Å². The van der Waals surface area contributed by atoms with Gasteiger partial charge in [-0.2, -0.15) is 0 Å². The maximum atomic E-state index is 12.7. The molecule has 0 fully saturated rings. The van der Waals surface area contributed by atoms with E-state index in [1.165, 1.54) is 0 Å². The third kappa shape index (κ3) is 1.95. The summed E-state index contributed by atoms with van der Waals surface area (Å²) in [6.07, 6.45) is 0. The fraction of sp³-hybridized carbons (Fsp3) is 0.125. The lowest BCUT2D eigenvalue weighted by molar-refractivity contribution is 0.894. The lowest BCUT2D eigenvalue weighted by atomic mass is 10.2. The number of anilines is 1. The second-order valence-corrected chi connectivity index (χ2v) is 4.91. The second kappa shape index (κ2) is 4.49. The van der Waals surface area contributed by atoms with E-state index in [0.29, 0.717) is 22.4 Å². The summed E-state index contributed by atoms with van der Waals surface area (Å²) in [6.45, 7) is 3.84. The van der Waals surface area contributed by atoms with Gasteiger partial charge in [-0.25, -0.2) is 4.98 Å². The van der Waals surface area contributed by atoms with E-state index < -0.39 is 0 Å². The molecule has 1 heterocycles. The standard InChI is InChI=1S/C16H15N3O/c1-10-3-6-13(7-4-10)19-11(2)18-15-8-5-12(17)9-14(15)16(19)20/h3-9H,17H2,1-2H3. The predicted molar refractivity (Wildman–Crippen MR) is 81.2 cm³/mol. The highest BCUT2D eigenvalue weighted by Crippen LogP contribution is 2.15. The molecule has 3 aromatic rings. The van der Waals surface area contributed by atoms with Crippen molar-refractivity contribution < 1.29 is 0 Å². The Morgan fingerprint density at radius 3 is 2.45 bits per heavy atom. The normalized spacial score (nSPS) is 10.9. The van der Waals surface area contributed by atoms with Gasteiger partial charge in [-0.15, -0.1) is 0 Å². The smallest absolute Gasteiger partial charge is 0.266 e. The Bertz CT molecular complexity index is 848. The number of benzene rings is 2. The van der Waals surface area contributed by atoms with Crippen LogP contribution in [0.2, 0.25) is 0 Å². The van der Waals surface area contributed by atoms with E-state index in [-0.39, 0.29) is 5.56 Å². The molecular weight excluding hydrogens is 250 g/mol. The van der Waals surface area contributed by atoms with Gasteiger partial charge in [0.15, 0.2) is 0 Å². The third-order valence-electron chi connectivity index (χ3n) is 3.35. The van der Waals surface area contributed by atoms with Crippen molar-refractivity contribution in [2.24, 2.45) is 0 Å². The zero-order valence-electron chi connectivity index (χ0n) is 11.4. The molecule has 2 aromatic carbocycles. The summed E-state index contributed by atoms with van der Waals surface area (Å²) in [5.41, 5.74) is 8.87. The van der Waals surface area contributed by atoms with Crippen LogP contribution in [0.5, 0.6) is 0 Å². The van der Waals surface area contributed by atoms with E-state index in [1.54, 1.807) is 22.8 Å². The zero-order valence-corrected chi connectivity index (χ0v) is 11.4. The number of hydrogen-bond donors (Lipinski definition) is 1. The number of aromatic nitrogens is 2. The molecule has 0 atom stereocenters. The highest BCUT2D eigenvalue weighted by molar-refractivity contribution is 5.81. The van der Waals surface area contributed by atoms with Crippen molar-refractivity contribution in [2.45, 2.75) is 13.8 Å². The molecule has 0 amide bonds. The summed E-state index contributed by atoms with van der Waals surface area (Å²) in [5, 5.41) is 0.538. The van der Waals surface area contributed by atoms with Gasteiger partial charge < -0.3 is 5.73 Å². The van der Waals surface area contributed by atoms with Crippen LogP contribution in [0.3, 0.4) is 0 Å². The topological polar surface area (TPSA) is 60.9 Å². The number of nitrogen functional groups attached to an aromatic ring is 1. The van der Waals surface area contributed by atoms with Crippen LogP contribution in [0, 0.1) is 13.8 Å². The number of aryl methyl sites for hydroxylation is 2. The molecule has 3 rings (SSSR count). The molecule has 2 N–H and O–H groups in total. The van der Waals surface area contributed by atoms with E-state index in [9.17, 15) is 4.79 Å². The first kappa shape index (κ1) is 12.4. The molecule has 100 valence electrons. The van der Waals surface area contributed by atoms with Gasteiger partial charge in [-0.3, -0.25) is 9.36 Å². The van der Waals surface area contributed by atoms with E-state index in [1.807, 2.05) is 38.1 Å². The molecule has 0 saturated heterocycles. The molecule has 0 aliphatic carbocycles. The highest BCUT2D eigenvalue weighted by Gasteiger charge is 2.09. The summed E-state index contributed by atoms with van der Waals surface area (Å²) in [5.74, 6) is 0.663. The van der Waals surface area contributed by atoms with Gasteiger partial charge in [0.05, 0.1) is 16.6 Å². The number of rotatable bonds is 1. The Morgan fingerprint density at radius 2 is 1.75 bits per heavy atom. The lowest BCUT2D eigenvalue weighted by Gasteiger charge is -2.11. The van der Waals surface area contributed by atoms with Crippen LogP contribution < -0.4 is 11.3 Å². The van der Waals surface area contributed by atoms with Crippen molar-refractivity contribution in [3.05, 3.63) is 64.2 Å². The molecule has 0 spiro atoms. The molecule has 4 nitrogen and oxygen atoms in total. The van der Waals surface area contributed by atoms with Crippen LogP contribution in [-0.2, 0) is 0 Å². The minimum atomic E-state index is -0.0938. The van der Waals surface area contributed by atoms with E-state index in [4.69, 9.17) is 5.73 Å². The fourth-order valence-electron chi connectivity index (χ4n) is 2.31. The zero-order chi connectivity index (χ0) is 14.3. The molecule has 1 aromatic heterocycles. The molecule has 20 heavy (non-hydrogen) atoms. The Labute approximate surface area is 116 Å². The quantitative estimate of drug-likeness (QED) is 0.688. The van der Waals surface area contributed by atoms with Crippen molar-refractivity contribution in [3.63, 3.8) is 0 Å². The number of nitrogens with zero attached hydrogens (tertiary/aromatic N) is 2. The van der Waals surface area contributed by atoms with Crippen molar-refractivity contribution in [1.29, 1.82) is 0 Å². The molecule has 0 bridgehead atoms. The van der Waals surface area contributed by atoms with Gasteiger partial charge in [0, 0.05) is 5.69 Å². The fourth-order valence-corrected chi connectivity index (χ4v) is 2.31. The Morgan fingerprint density at radius 1 is 1.05 bits per heavy atom. The van der Waals surface area contributed by atoms with Crippen LogP contribution >= 0.6 is 0 Å². The van der Waals surface area contributed by atoms with Crippen LogP contribution in [0.4, 0.5) is 5.69 Å². The van der Waals surface area contributed by atoms with Gasteiger partial charge in [0.1, 0.15) is 5.82 Å². The summed E-state index contributed by atoms with van der Waals surface area (Å²) in [4.78, 5) is 17.1. The van der Waals surface area contributed by atoms with Crippen LogP contribution in [-0.4, -0.2) is 9.55 Å². The minimum Gasteiger partial charge on any atom is -0.399 e. The highest BCUT2D eigenvalue weighted by atomic mass is 16.1. The number of fused-ring (bicyclic) bond motifs is 1. The average molecular weight is 265 g/mol. The van der Waals surface area contributed by atoms with Crippen molar-refractivity contribution in [3.8, 4) is 5.69 Å². The van der Waals surface area contributed by atoms with Crippen LogP contribution in [0.25, 0.3) is 16.6 Å². The Hall–Kier alpha value is -2.62. The molecule has 0 unspecified atom stereocenters. The van der Waals surface area contributed by atoms with Gasteiger partial charge in [0.2, 0.25) is 0 Å². The molecule has 0 aliphatic rings. The van der Waals surface area contributed by atoms with E-state index in [2.05, 4.69) is 4.98 Å². The predicted octanol–water partition coefficient (Wildman–Crippen LogP) is 2.58. The molecule has 4 heteroatoms. The summed E-state index contributed by atoms with van der Waals surface area (Å²) in [6, 6.07) is 13.0. The summed E-state index contributed by atoms with van der Waals surface area (Å²) < 4.78 is 1.61. The van der Waals surface area contributed by atoms with Crippen LogP contribution in [0.1, 0.15) is 11.4 Å². The number of nitrogens with two attached hydrogens (primary N) is 1. The first-order valence-electron chi connectivity index (χ1n) is 6.42. The van der Waals surface area contributed by atoms with Gasteiger partial charge >= 0.3 is 0 Å². The first-order chi connectivity index (χ1) is 9.56. The summed E-state index contributed by atoms with van der Waals surface area (Å²) in [7, 11) is 0. The Kier molecular flexibility index (Phi) is 2.79. The first-order valence-corrected chi connectivity index (χ1v) is 6.42. The Balaban J connectivity index is 2.36. The summed E-state index contributed by atoms with van der Waals surface area (Å²) >= 11 is 0. The van der Waals surface area contributed by atoms with Gasteiger partial charge in [-0.05, 0) is 44.2 Å². The molecule has 0 aliphatic heterocycles. The van der Waals surface area contributed by atoms with Crippen LogP contribution in [0.15, 0.2) is 47.3 Å². The minimum absolute atomic E-state index is 0.0938. The SMILES string of the molecule is Cc1ccc(-n2c(C)nc3ccc(N)cc3c2=O)cc1. The molecular formula is C16H15N3O. The number of hydrogen-bond acceptors (Lipinski definition) is 3. The van der Waals surface area contributed by atoms with Crippen molar-refractivity contribution in [1.82, 2.24) is 9.55 Å². The maximum absolute atomic E-state index is 12.7. The van der Waals surface area contributed by atoms with E-state index >= 15 is 0 Å². The third-order valence-corrected chi connectivity index (χ3v) is 3.35. The van der Waals surface area contributed by atoms with Crippen molar-refractivity contribution >= 4 is 16.6 Å². The largest absolute Gasteiger partial charge is 0.399 e. The van der Waals surface area contributed by atoms with Gasteiger partial charge in [0.25, 0.3) is 5.56 Å². The van der Waals surface area contributed by atoms with E-state index in [0.717, 1.165) is 11.3 Å². The second-order valence-electron chi connectivity index (χ2n) is 4.91. The monoisotopic (exact) mass is 265 g/mol. The molecule has 0 saturated carbocycles. The average Bonchev–Trinajstić information content (AvgIpc) is 2.42. The lowest BCUT2D eigenvalue weighted by Crippen LogP contribution is -2.22.